The number of aryl methyl sites for hydroxylation is 1. The van der Waals surface area contributed by atoms with E-state index >= 15 is 0 Å². The molecule has 0 saturated heterocycles. The predicted molar refractivity (Wildman–Crippen MR) is 103 cm³/mol. The average Bonchev–Trinajstić information content (AvgIpc) is 2.89. The summed E-state index contributed by atoms with van der Waals surface area (Å²) in [4.78, 5) is 12.4. The molecule has 1 aliphatic carbocycles. The molecule has 3 N–H and O–H groups in total. The molecule has 1 aliphatic rings. The van der Waals surface area contributed by atoms with Gasteiger partial charge < -0.3 is 16.0 Å². The third-order valence-corrected chi connectivity index (χ3v) is 5.62. The van der Waals surface area contributed by atoms with Crippen molar-refractivity contribution in [2.24, 2.45) is 0 Å². The first-order chi connectivity index (χ1) is 11.8. The molecule has 2 rings (SSSR count). The third kappa shape index (κ3) is 5.31. The molecule has 0 aliphatic heterocycles. The lowest BCUT2D eigenvalue weighted by Gasteiger charge is -2.27. The molecule has 1 unspecified atom stereocenters. The summed E-state index contributed by atoms with van der Waals surface area (Å²) >= 11 is 24.0. The number of carbonyl (C=O) groups excluding carboxylic acids is 1. The van der Waals surface area contributed by atoms with Crippen molar-refractivity contribution in [3.05, 3.63) is 16.0 Å². The lowest BCUT2D eigenvalue weighted by atomic mass is 9.96. The number of alkyl halides is 4. The van der Waals surface area contributed by atoms with Crippen LogP contribution >= 0.6 is 58.4 Å². The van der Waals surface area contributed by atoms with Gasteiger partial charge in [-0.2, -0.15) is 5.26 Å². The minimum atomic E-state index is -1.96. The number of halogens is 4. The Bertz CT molecular complexity index is 714. The number of carbonyl (C=O) groups is 1. The average molecular weight is 444 g/mol. The van der Waals surface area contributed by atoms with Crippen LogP contribution in [0, 0.1) is 11.3 Å². The monoisotopic (exact) mass is 442 g/mol. The molecule has 0 spiro atoms. The molecule has 0 fully saturated rings. The first-order valence-corrected chi connectivity index (χ1v) is 9.66. The number of thiophene rings is 1. The maximum atomic E-state index is 12.4. The molecule has 5 nitrogen and oxygen atoms in total. The van der Waals surface area contributed by atoms with Gasteiger partial charge in [-0.15, -0.1) is 11.3 Å². The highest BCUT2D eigenvalue weighted by molar-refractivity contribution is 7.80. The van der Waals surface area contributed by atoms with E-state index in [2.05, 4.69) is 22.0 Å². The Morgan fingerprint density at radius 3 is 2.64 bits per heavy atom. The van der Waals surface area contributed by atoms with Gasteiger partial charge in [0.15, 0.2) is 11.8 Å². The van der Waals surface area contributed by atoms with Gasteiger partial charge in [0, 0.05) is 4.88 Å². The van der Waals surface area contributed by atoms with E-state index in [4.69, 9.17) is 47.0 Å². The zero-order valence-corrected chi connectivity index (χ0v) is 16.7. The molecule has 1 amide bonds. The van der Waals surface area contributed by atoms with Crippen LogP contribution in [0.2, 0.25) is 0 Å². The fourth-order valence-corrected chi connectivity index (χ4v) is 4.30. The second-order valence-corrected chi connectivity index (χ2v) is 9.18. The Morgan fingerprint density at radius 1 is 1.36 bits per heavy atom. The van der Waals surface area contributed by atoms with E-state index in [1.807, 2.05) is 0 Å². The fourth-order valence-electron chi connectivity index (χ4n) is 2.44. The van der Waals surface area contributed by atoms with Gasteiger partial charge in [0.05, 0.1) is 5.56 Å². The summed E-state index contributed by atoms with van der Waals surface area (Å²) in [6.07, 6.45) is 2.69. The second kappa shape index (κ2) is 8.69. The lowest BCUT2D eigenvalue weighted by molar-refractivity contribution is -0.122. The van der Waals surface area contributed by atoms with E-state index in [1.165, 1.54) is 11.3 Å². The van der Waals surface area contributed by atoms with Crippen molar-refractivity contribution in [1.82, 2.24) is 10.6 Å². The second-order valence-electron chi connectivity index (χ2n) is 5.30. The van der Waals surface area contributed by atoms with Crippen LogP contribution < -0.4 is 16.0 Å². The minimum Gasteiger partial charge on any atom is -0.339 e. The van der Waals surface area contributed by atoms with Gasteiger partial charge in [-0.25, -0.2) is 4.39 Å². The van der Waals surface area contributed by atoms with Crippen molar-refractivity contribution >= 4 is 74.4 Å². The fraction of sp³-hybridized carbons (Fsp3) is 0.500. The topological polar surface area (TPSA) is 77.0 Å². The van der Waals surface area contributed by atoms with Crippen LogP contribution in [0.1, 0.15) is 28.8 Å². The number of nitrogens with one attached hydrogen (secondary N) is 3. The number of fused-ring (bicyclic) bond motifs is 1. The quantitative estimate of drug-likeness (QED) is 0.377. The summed E-state index contributed by atoms with van der Waals surface area (Å²) in [7, 11) is 0. The molecule has 136 valence electrons. The highest BCUT2D eigenvalue weighted by Gasteiger charge is 2.35. The van der Waals surface area contributed by atoms with Gasteiger partial charge in [0.25, 0.3) is 5.91 Å². The summed E-state index contributed by atoms with van der Waals surface area (Å²) in [6, 6.07) is 2.20. The number of rotatable bonds is 4. The van der Waals surface area contributed by atoms with Crippen LogP contribution in [-0.4, -0.2) is 27.7 Å². The Hall–Kier alpha value is -0.850. The van der Waals surface area contributed by atoms with Crippen molar-refractivity contribution in [1.29, 1.82) is 5.26 Å². The van der Waals surface area contributed by atoms with Gasteiger partial charge >= 0.3 is 0 Å². The molecule has 0 bridgehead atoms. The number of thiocarbonyl (C=S) groups is 1. The molecule has 1 aromatic heterocycles. The van der Waals surface area contributed by atoms with Crippen molar-refractivity contribution in [2.45, 2.75) is 35.6 Å². The van der Waals surface area contributed by atoms with E-state index in [-0.39, 0.29) is 5.11 Å². The van der Waals surface area contributed by atoms with Crippen LogP contribution in [0.25, 0.3) is 0 Å². The number of hydrogen-bond donors (Lipinski definition) is 3. The van der Waals surface area contributed by atoms with E-state index < -0.39 is 22.5 Å². The van der Waals surface area contributed by atoms with Crippen LogP contribution in [0.15, 0.2) is 0 Å². The zero-order chi connectivity index (χ0) is 18.6. The maximum absolute atomic E-state index is 12.4. The van der Waals surface area contributed by atoms with Crippen LogP contribution in [0.5, 0.6) is 0 Å². The van der Waals surface area contributed by atoms with E-state index in [0.29, 0.717) is 10.6 Å². The normalized spacial score (nSPS) is 14.8. The summed E-state index contributed by atoms with van der Waals surface area (Å²) in [5.74, 6) is -0.948. The Balaban J connectivity index is 2.12. The largest absolute Gasteiger partial charge is 0.339 e. The molecule has 25 heavy (non-hydrogen) atoms. The Kier molecular flexibility index (Phi) is 7.11. The SMILES string of the molecule is N#Cc1c(NC(=S)NC(NC(=O)CF)C(Cl)(Cl)Cl)sc2c1CCCC2. The van der Waals surface area contributed by atoms with Crippen LogP contribution in [0.4, 0.5) is 9.39 Å². The smallest absolute Gasteiger partial charge is 0.253 e. The first-order valence-electron chi connectivity index (χ1n) is 7.30. The van der Waals surface area contributed by atoms with Crippen molar-refractivity contribution < 1.29 is 9.18 Å². The zero-order valence-electron chi connectivity index (χ0n) is 12.8. The van der Waals surface area contributed by atoms with E-state index in [9.17, 15) is 14.4 Å². The summed E-state index contributed by atoms with van der Waals surface area (Å²) < 4.78 is 10.4. The molecule has 1 heterocycles. The summed E-state index contributed by atoms with van der Waals surface area (Å²) in [6.45, 7) is -1.25. The number of amides is 1. The van der Waals surface area contributed by atoms with Gasteiger partial charge in [-0.05, 0) is 43.5 Å². The standard InChI is InChI=1S/C14H14Cl3FN4OS2/c15-14(16,17)12(20-10(23)5-18)22-13(24)21-11-8(6-19)7-3-1-2-4-9(7)25-11/h12H,1-5H2,(H,20,23)(H2,21,22,24). The number of nitrogens with zero attached hydrogens (tertiary/aromatic N) is 1. The molecule has 0 radical (unpaired) electrons. The lowest BCUT2D eigenvalue weighted by Crippen LogP contribution is -2.56. The van der Waals surface area contributed by atoms with Gasteiger partial charge in [0.2, 0.25) is 3.79 Å². The number of nitriles is 1. The van der Waals surface area contributed by atoms with Gasteiger partial charge in [0.1, 0.15) is 17.2 Å². The summed E-state index contributed by atoms with van der Waals surface area (Å²) in [5.41, 5.74) is 1.61. The highest BCUT2D eigenvalue weighted by Crippen LogP contribution is 2.37. The van der Waals surface area contributed by atoms with Crippen LogP contribution in [0.3, 0.4) is 0 Å². The van der Waals surface area contributed by atoms with E-state index in [0.717, 1.165) is 36.1 Å². The number of hydrogen-bond acceptors (Lipinski definition) is 4. The first kappa shape index (κ1) is 20.5. The molecule has 0 saturated carbocycles. The number of anilines is 1. The highest BCUT2D eigenvalue weighted by atomic mass is 35.6. The maximum Gasteiger partial charge on any atom is 0.253 e. The van der Waals surface area contributed by atoms with Crippen molar-refractivity contribution in [2.75, 3.05) is 12.0 Å². The molecule has 1 aromatic rings. The molecule has 0 aromatic carbocycles. The van der Waals surface area contributed by atoms with Crippen molar-refractivity contribution in [3.63, 3.8) is 0 Å². The van der Waals surface area contributed by atoms with Crippen molar-refractivity contribution in [3.8, 4) is 6.07 Å². The molecular weight excluding hydrogens is 430 g/mol. The molecule has 1 atom stereocenters. The molecular formula is C14H14Cl3FN4OS2. The molecule has 11 heteroatoms. The van der Waals surface area contributed by atoms with Crippen LogP contribution in [-0.2, 0) is 17.6 Å². The minimum absolute atomic E-state index is 0.0468. The predicted octanol–water partition coefficient (Wildman–Crippen LogP) is 3.57. The Labute approximate surface area is 168 Å². The summed E-state index contributed by atoms with van der Waals surface area (Å²) in [5, 5.41) is 17.8. The van der Waals surface area contributed by atoms with Gasteiger partial charge in [-0.3, -0.25) is 4.79 Å². The third-order valence-electron chi connectivity index (χ3n) is 3.54. The van der Waals surface area contributed by atoms with Gasteiger partial charge in [-0.1, -0.05) is 34.8 Å². The van der Waals surface area contributed by atoms with E-state index in [1.54, 1.807) is 0 Å². The Morgan fingerprint density at radius 2 is 2.04 bits per heavy atom.